The summed E-state index contributed by atoms with van der Waals surface area (Å²) < 4.78 is 0. The Labute approximate surface area is 111 Å². The van der Waals surface area contributed by atoms with Crippen molar-refractivity contribution in [2.75, 3.05) is 11.9 Å². The third-order valence-corrected chi connectivity index (χ3v) is 2.81. The molecule has 0 aromatic heterocycles. The highest BCUT2D eigenvalue weighted by molar-refractivity contribution is 6.35. The number of hydrogen-bond donors (Lipinski definition) is 2. The number of halogens is 2. The standard InChI is InChI=1S/C12H16Cl2N2O/c1-3-6-15-12(17)8(2)16-11-7-9(13)4-5-10(11)14/h4-5,7-8,16H,3,6H2,1-2H3,(H,15,17). The Balaban J connectivity index is 2.64. The molecule has 5 heteroatoms. The molecule has 17 heavy (non-hydrogen) atoms. The second-order valence-electron chi connectivity index (χ2n) is 3.78. The van der Waals surface area contributed by atoms with Crippen molar-refractivity contribution in [2.24, 2.45) is 0 Å². The fraction of sp³-hybridized carbons (Fsp3) is 0.417. The highest BCUT2D eigenvalue weighted by Crippen LogP contribution is 2.25. The first-order chi connectivity index (χ1) is 8.04. The van der Waals surface area contributed by atoms with Crippen molar-refractivity contribution in [1.82, 2.24) is 5.32 Å². The minimum atomic E-state index is -0.350. The van der Waals surface area contributed by atoms with E-state index in [1.54, 1.807) is 25.1 Å². The van der Waals surface area contributed by atoms with Gasteiger partial charge in [0.2, 0.25) is 5.91 Å². The Hall–Kier alpha value is -0.930. The van der Waals surface area contributed by atoms with Gasteiger partial charge in [-0.05, 0) is 31.5 Å². The quantitative estimate of drug-likeness (QED) is 0.865. The zero-order valence-corrected chi connectivity index (χ0v) is 11.4. The van der Waals surface area contributed by atoms with Gasteiger partial charge in [0.05, 0.1) is 10.7 Å². The van der Waals surface area contributed by atoms with Crippen LogP contribution in [0.1, 0.15) is 20.3 Å². The molecule has 0 saturated carbocycles. The van der Waals surface area contributed by atoms with Gasteiger partial charge in [-0.25, -0.2) is 0 Å². The number of benzene rings is 1. The molecular weight excluding hydrogens is 259 g/mol. The van der Waals surface area contributed by atoms with Crippen LogP contribution in [-0.2, 0) is 4.79 Å². The van der Waals surface area contributed by atoms with Crippen molar-refractivity contribution in [3.8, 4) is 0 Å². The third-order valence-electron chi connectivity index (χ3n) is 2.24. The van der Waals surface area contributed by atoms with Crippen LogP contribution in [-0.4, -0.2) is 18.5 Å². The molecule has 0 heterocycles. The van der Waals surface area contributed by atoms with Crippen LogP contribution in [0.2, 0.25) is 10.0 Å². The van der Waals surface area contributed by atoms with E-state index in [0.29, 0.717) is 22.3 Å². The summed E-state index contributed by atoms with van der Waals surface area (Å²) in [6.45, 7) is 4.46. The molecular formula is C12H16Cl2N2O. The number of rotatable bonds is 5. The summed E-state index contributed by atoms with van der Waals surface area (Å²) in [6, 6.07) is 4.75. The average Bonchev–Trinajstić information content (AvgIpc) is 2.30. The van der Waals surface area contributed by atoms with E-state index in [1.165, 1.54) is 0 Å². The number of carbonyl (C=O) groups is 1. The lowest BCUT2D eigenvalue weighted by molar-refractivity contribution is -0.121. The minimum absolute atomic E-state index is 0.0529. The van der Waals surface area contributed by atoms with Crippen LogP contribution in [0.4, 0.5) is 5.69 Å². The minimum Gasteiger partial charge on any atom is -0.373 e. The molecule has 1 unspecified atom stereocenters. The number of nitrogens with one attached hydrogen (secondary N) is 2. The second-order valence-corrected chi connectivity index (χ2v) is 4.62. The van der Waals surface area contributed by atoms with Crippen molar-refractivity contribution in [1.29, 1.82) is 0 Å². The molecule has 1 amide bonds. The van der Waals surface area contributed by atoms with E-state index >= 15 is 0 Å². The van der Waals surface area contributed by atoms with E-state index < -0.39 is 0 Å². The number of hydrogen-bond acceptors (Lipinski definition) is 2. The Kier molecular flexibility index (Phi) is 5.59. The van der Waals surface area contributed by atoms with E-state index in [0.717, 1.165) is 6.42 Å². The molecule has 2 N–H and O–H groups in total. The number of amides is 1. The van der Waals surface area contributed by atoms with E-state index in [4.69, 9.17) is 23.2 Å². The highest BCUT2D eigenvalue weighted by Gasteiger charge is 2.13. The van der Waals surface area contributed by atoms with E-state index in [1.807, 2.05) is 6.92 Å². The molecule has 94 valence electrons. The van der Waals surface area contributed by atoms with Gasteiger partial charge in [0.25, 0.3) is 0 Å². The van der Waals surface area contributed by atoms with Crippen molar-refractivity contribution in [2.45, 2.75) is 26.3 Å². The van der Waals surface area contributed by atoms with E-state index in [-0.39, 0.29) is 11.9 Å². The predicted octanol–water partition coefficient (Wildman–Crippen LogP) is 3.32. The van der Waals surface area contributed by atoms with Crippen molar-refractivity contribution >= 4 is 34.8 Å². The van der Waals surface area contributed by atoms with Crippen molar-refractivity contribution in [3.05, 3.63) is 28.2 Å². The molecule has 0 bridgehead atoms. The fourth-order valence-corrected chi connectivity index (χ4v) is 1.65. The Morgan fingerprint density at radius 2 is 2.12 bits per heavy atom. The molecule has 1 atom stereocenters. The summed E-state index contributed by atoms with van der Waals surface area (Å²) in [5, 5.41) is 6.97. The summed E-state index contributed by atoms with van der Waals surface area (Å²) >= 11 is 11.9. The van der Waals surface area contributed by atoms with Gasteiger partial charge in [0.15, 0.2) is 0 Å². The molecule has 1 aromatic rings. The van der Waals surface area contributed by atoms with Crippen LogP contribution in [0, 0.1) is 0 Å². The summed E-state index contributed by atoms with van der Waals surface area (Å²) in [5.41, 5.74) is 0.665. The fourth-order valence-electron chi connectivity index (χ4n) is 1.31. The van der Waals surface area contributed by atoms with Gasteiger partial charge in [0, 0.05) is 11.6 Å². The Bertz CT molecular complexity index is 396. The number of anilines is 1. The molecule has 0 spiro atoms. The molecule has 0 aliphatic rings. The van der Waals surface area contributed by atoms with Crippen molar-refractivity contribution in [3.63, 3.8) is 0 Å². The molecule has 0 aliphatic carbocycles. The highest BCUT2D eigenvalue weighted by atomic mass is 35.5. The maximum atomic E-state index is 11.7. The van der Waals surface area contributed by atoms with E-state index in [2.05, 4.69) is 10.6 Å². The van der Waals surface area contributed by atoms with Gasteiger partial charge in [-0.2, -0.15) is 0 Å². The lowest BCUT2D eigenvalue weighted by atomic mass is 10.2. The van der Waals surface area contributed by atoms with Crippen LogP contribution < -0.4 is 10.6 Å². The van der Waals surface area contributed by atoms with Gasteiger partial charge < -0.3 is 10.6 Å². The smallest absolute Gasteiger partial charge is 0.242 e. The molecule has 1 rings (SSSR count). The largest absolute Gasteiger partial charge is 0.373 e. The average molecular weight is 275 g/mol. The topological polar surface area (TPSA) is 41.1 Å². The lowest BCUT2D eigenvalue weighted by Gasteiger charge is -2.16. The van der Waals surface area contributed by atoms with Crippen LogP contribution >= 0.6 is 23.2 Å². The first-order valence-corrected chi connectivity index (χ1v) is 6.29. The van der Waals surface area contributed by atoms with Gasteiger partial charge in [-0.3, -0.25) is 4.79 Å². The predicted molar refractivity (Wildman–Crippen MR) is 72.8 cm³/mol. The van der Waals surface area contributed by atoms with Gasteiger partial charge in [-0.1, -0.05) is 30.1 Å². The summed E-state index contributed by atoms with van der Waals surface area (Å²) in [7, 11) is 0. The maximum absolute atomic E-state index is 11.7. The lowest BCUT2D eigenvalue weighted by Crippen LogP contribution is -2.37. The summed E-state index contributed by atoms with van der Waals surface area (Å²) in [6.07, 6.45) is 0.913. The third kappa shape index (κ3) is 4.44. The molecule has 3 nitrogen and oxygen atoms in total. The first kappa shape index (κ1) is 14.1. The number of carbonyl (C=O) groups excluding carboxylic acids is 1. The zero-order chi connectivity index (χ0) is 12.8. The van der Waals surface area contributed by atoms with Crippen LogP contribution in [0.5, 0.6) is 0 Å². The molecule has 1 aromatic carbocycles. The maximum Gasteiger partial charge on any atom is 0.242 e. The normalized spacial score (nSPS) is 12.0. The van der Waals surface area contributed by atoms with Gasteiger partial charge in [-0.15, -0.1) is 0 Å². The molecule has 0 saturated heterocycles. The SMILES string of the molecule is CCCNC(=O)C(C)Nc1cc(Cl)ccc1Cl. The molecule has 0 radical (unpaired) electrons. The Morgan fingerprint density at radius 3 is 2.76 bits per heavy atom. The summed E-state index contributed by atoms with van der Waals surface area (Å²) in [5.74, 6) is -0.0529. The van der Waals surface area contributed by atoms with Crippen molar-refractivity contribution < 1.29 is 4.79 Å². The van der Waals surface area contributed by atoms with E-state index in [9.17, 15) is 4.79 Å². The van der Waals surface area contributed by atoms with Crippen LogP contribution in [0.15, 0.2) is 18.2 Å². The Morgan fingerprint density at radius 1 is 1.41 bits per heavy atom. The van der Waals surface area contributed by atoms with Crippen LogP contribution in [0.25, 0.3) is 0 Å². The molecule has 0 fully saturated rings. The monoisotopic (exact) mass is 274 g/mol. The van der Waals surface area contributed by atoms with Gasteiger partial charge >= 0.3 is 0 Å². The van der Waals surface area contributed by atoms with Crippen LogP contribution in [0.3, 0.4) is 0 Å². The molecule has 0 aliphatic heterocycles. The zero-order valence-electron chi connectivity index (χ0n) is 9.89. The summed E-state index contributed by atoms with van der Waals surface area (Å²) in [4.78, 5) is 11.7. The second kappa shape index (κ2) is 6.72. The van der Waals surface area contributed by atoms with Gasteiger partial charge in [0.1, 0.15) is 6.04 Å². The first-order valence-electron chi connectivity index (χ1n) is 5.54.